The lowest BCUT2D eigenvalue weighted by molar-refractivity contribution is -0.119. The first-order valence-electron chi connectivity index (χ1n) is 4.95. The topological polar surface area (TPSA) is 71.1 Å². The number of aromatic nitrogens is 1. The Hall–Kier alpha value is -1.33. The van der Waals surface area contributed by atoms with E-state index in [4.69, 9.17) is 23.2 Å². The molecule has 2 heterocycles. The van der Waals surface area contributed by atoms with Gasteiger partial charge in [-0.15, -0.1) is 0 Å². The minimum Gasteiger partial charge on any atom is -0.354 e. The maximum atomic E-state index is 11.8. The molecule has 90 valence electrons. The number of hydrogen-bond donors (Lipinski definition) is 2. The Morgan fingerprint density at radius 3 is 2.88 bits per heavy atom. The summed E-state index contributed by atoms with van der Waals surface area (Å²) in [6, 6.07) is 1.25. The molecular weight excluding hydrogens is 265 g/mol. The van der Waals surface area contributed by atoms with Crippen molar-refractivity contribution in [3.8, 4) is 0 Å². The Bertz CT molecular complexity index is 479. The third-order valence-corrected chi connectivity index (χ3v) is 3.06. The van der Waals surface area contributed by atoms with Crippen molar-refractivity contribution in [3.63, 3.8) is 0 Å². The van der Waals surface area contributed by atoms with Gasteiger partial charge in [-0.05, 0) is 6.07 Å². The van der Waals surface area contributed by atoms with Crippen LogP contribution < -0.4 is 10.6 Å². The van der Waals surface area contributed by atoms with Crippen LogP contribution in [0.4, 0.5) is 0 Å². The highest BCUT2D eigenvalue weighted by Gasteiger charge is 2.23. The number of amides is 2. The van der Waals surface area contributed by atoms with Crippen LogP contribution in [-0.4, -0.2) is 29.4 Å². The normalized spacial score (nSPS) is 18.9. The van der Waals surface area contributed by atoms with Crippen molar-refractivity contribution < 1.29 is 9.59 Å². The molecule has 1 saturated heterocycles. The van der Waals surface area contributed by atoms with Crippen molar-refractivity contribution in [2.75, 3.05) is 6.54 Å². The lowest BCUT2D eigenvalue weighted by atomic mass is 10.2. The molecule has 2 amide bonds. The van der Waals surface area contributed by atoms with Gasteiger partial charge in [-0.25, -0.2) is 4.98 Å². The maximum absolute atomic E-state index is 11.8. The highest BCUT2D eigenvalue weighted by atomic mass is 35.5. The molecule has 0 spiro atoms. The van der Waals surface area contributed by atoms with Crippen molar-refractivity contribution in [2.24, 2.45) is 0 Å². The van der Waals surface area contributed by atoms with E-state index < -0.39 is 0 Å². The zero-order valence-corrected chi connectivity index (χ0v) is 10.2. The highest BCUT2D eigenvalue weighted by molar-refractivity contribution is 6.41. The summed E-state index contributed by atoms with van der Waals surface area (Å²) < 4.78 is 0. The molecule has 17 heavy (non-hydrogen) atoms. The van der Waals surface area contributed by atoms with E-state index in [2.05, 4.69) is 15.6 Å². The monoisotopic (exact) mass is 273 g/mol. The first-order valence-corrected chi connectivity index (χ1v) is 5.70. The second kappa shape index (κ2) is 4.89. The molecule has 1 aliphatic rings. The van der Waals surface area contributed by atoms with Crippen molar-refractivity contribution in [1.82, 2.24) is 15.6 Å². The summed E-state index contributed by atoms with van der Waals surface area (Å²) in [6.45, 7) is 0.444. The van der Waals surface area contributed by atoms with Gasteiger partial charge in [-0.2, -0.15) is 0 Å². The van der Waals surface area contributed by atoms with Crippen molar-refractivity contribution in [3.05, 3.63) is 28.0 Å². The number of halogens is 2. The molecule has 7 heteroatoms. The molecule has 1 fully saturated rings. The zero-order valence-electron chi connectivity index (χ0n) is 8.67. The van der Waals surface area contributed by atoms with Gasteiger partial charge < -0.3 is 10.6 Å². The van der Waals surface area contributed by atoms with Gasteiger partial charge in [-0.3, -0.25) is 9.59 Å². The number of nitrogens with one attached hydrogen (secondary N) is 2. The van der Waals surface area contributed by atoms with Crippen LogP contribution in [-0.2, 0) is 4.79 Å². The lowest BCUT2D eigenvalue weighted by Gasteiger charge is -2.10. The summed E-state index contributed by atoms with van der Waals surface area (Å²) >= 11 is 11.4. The minimum absolute atomic E-state index is 0.0671. The van der Waals surface area contributed by atoms with Crippen LogP contribution in [0.1, 0.15) is 16.8 Å². The summed E-state index contributed by atoms with van der Waals surface area (Å²) in [6.07, 6.45) is 1.63. The van der Waals surface area contributed by atoms with E-state index in [0.717, 1.165) is 0 Å². The van der Waals surface area contributed by atoms with Crippen LogP contribution in [0.2, 0.25) is 10.2 Å². The number of carbonyl (C=O) groups excluding carboxylic acids is 2. The predicted octanol–water partition coefficient (Wildman–Crippen LogP) is 1.01. The fraction of sp³-hybridized carbons (Fsp3) is 0.300. The van der Waals surface area contributed by atoms with Gasteiger partial charge in [0, 0.05) is 19.2 Å². The number of pyridine rings is 1. The van der Waals surface area contributed by atoms with Gasteiger partial charge in [-0.1, -0.05) is 23.2 Å². The van der Waals surface area contributed by atoms with E-state index in [1.54, 1.807) is 0 Å². The average molecular weight is 274 g/mol. The molecule has 2 N–H and O–H groups in total. The maximum Gasteiger partial charge on any atom is 0.253 e. The standard InChI is InChI=1S/C10H9Cl2N3O2/c11-7-1-5(3-14-9(7)12)10(17)15-6-2-8(16)13-4-6/h1,3,6H,2,4H2,(H,13,16)(H,15,17). The number of nitrogens with zero attached hydrogens (tertiary/aromatic N) is 1. The van der Waals surface area contributed by atoms with Gasteiger partial charge in [0.25, 0.3) is 5.91 Å². The smallest absolute Gasteiger partial charge is 0.253 e. The molecule has 0 aliphatic carbocycles. The van der Waals surface area contributed by atoms with Gasteiger partial charge in [0.05, 0.1) is 16.6 Å². The second-order valence-electron chi connectivity index (χ2n) is 3.68. The fourth-order valence-corrected chi connectivity index (χ4v) is 1.79. The summed E-state index contributed by atoms with van der Waals surface area (Å²) in [7, 11) is 0. The van der Waals surface area contributed by atoms with Gasteiger partial charge >= 0.3 is 0 Å². The largest absolute Gasteiger partial charge is 0.354 e. The fourth-order valence-electron chi connectivity index (χ4n) is 1.52. The Morgan fingerprint density at radius 2 is 2.29 bits per heavy atom. The summed E-state index contributed by atoms with van der Waals surface area (Å²) in [5.74, 6) is -0.389. The summed E-state index contributed by atoms with van der Waals surface area (Å²) in [4.78, 5) is 26.5. The van der Waals surface area contributed by atoms with E-state index in [9.17, 15) is 9.59 Å². The molecule has 1 aliphatic heterocycles. The third-order valence-electron chi connectivity index (χ3n) is 2.37. The Kier molecular flexibility index (Phi) is 3.49. The molecule has 1 aromatic heterocycles. The predicted molar refractivity (Wildman–Crippen MR) is 63.1 cm³/mol. The van der Waals surface area contributed by atoms with E-state index in [1.165, 1.54) is 12.3 Å². The summed E-state index contributed by atoms with van der Waals surface area (Å²) in [5.41, 5.74) is 0.318. The van der Waals surface area contributed by atoms with E-state index in [1.807, 2.05) is 0 Å². The molecular formula is C10H9Cl2N3O2. The molecule has 0 aromatic carbocycles. The zero-order chi connectivity index (χ0) is 12.4. The van der Waals surface area contributed by atoms with Crippen molar-refractivity contribution in [1.29, 1.82) is 0 Å². The Labute approximate surface area is 107 Å². The first kappa shape index (κ1) is 12.1. The molecule has 1 aromatic rings. The van der Waals surface area contributed by atoms with Crippen LogP contribution in [0.25, 0.3) is 0 Å². The van der Waals surface area contributed by atoms with E-state index in [-0.39, 0.29) is 28.0 Å². The molecule has 0 bridgehead atoms. The molecule has 5 nitrogen and oxygen atoms in total. The second-order valence-corrected chi connectivity index (χ2v) is 4.44. The molecule has 0 saturated carbocycles. The van der Waals surface area contributed by atoms with E-state index >= 15 is 0 Å². The quantitative estimate of drug-likeness (QED) is 0.790. The van der Waals surface area contributed by atoms with Crippen LogP contribution in [0, 0.1) is 0 Å². The van der Waals surface area contributed by atoms with Crippen LogP contribution in [0.3, 0.4) is 0 Å². The van der Waals surface area contributed by atoms with Crippen LogP contribution >= 0.6 is 23.2 Å². The number of hydrogen-bond acceptors (Lipinski definition) is 3. The number of rotatable bonds is 2. The molecule has 2 rings (SSSR count). The van der Waals surface area contributed by atoms with E-state index in [0.29, 0.717) is 18.5 Å². The highest BCUT2D eigenvalue weighted by Crippen LogP contribution is 2.19. The van der Waals surface area contributed by atoms with Crippen LogP contribution in [0.15, 0.2) is 12.3 Å². The SMILES string of the molecule is O=C1CC(NC(=O)c2cnc(Cl)c(Cl)c2)CN1. The van der Waals surface area contributed by atoms with Crippen molar-refractivity contribution >= 4 is 35.0 Å². The van der Waals surface area contributed by atoms with Gasteiger partial charge in [0.2, 0.25) is 5.91 Å². The third kappa shape index (κ3) is 2.87. The van der Waals surface area contributed by atoms with Gasteiger partial charge in [0.15, 0.2) is 0 Å². The van der Waals surface area contributed by atoms with Gasteiger partial charge in [0.1, 0.15) is 5.15 Å². The summed E-state index contributed by atoms with van der Waals surface area (Å²) in [5, 5.41) is 5.71. The lowest BCUT2D eigenvalue weighted by Crippen LogP contribution is -2.36. The molecule has 0 radical (unpaired) electrons. The molecule has 1 unspecified atom stereocenters. The Balaban J connectivity index is 2.04. The van der Waals surface area contributed by atoms with Crippen LogP contribution in [0.5, 0.6) is 0 Å². The van der Waals surface area contributed by atoms with Crippen molar-refractivity contribution in [2.45, 2.75) is 12.5 Å². The first-order chi connectivity index (χ1) is 8.06. The minimum atomic E-state index is -0.322. The Morgan fingerprint density at radius 1 is 1.53 bits per heavy atom. The molecule has 1 atom stereocenters. The average Bonchev–Trinajstić information content (AvgIpc) is 2.68. The number of carbonyl (C=O) groups is 2.